The summed E-state index contributed by atoms with van der Waals surface area (Å²) in [7, 11) is 2.91. The molecule has 0 spiro atoms. The number of hydrogen-bond acceptors (Lipinski definition) is 4. The van der Waals surface area contributed by atoms with Crippen LogP contribution in [0, 0.1) is 5.92 Å². The number of carbonyl (C=O) groups is 1. The molecule has 4 heteroatoms. The normalized spacial score (nSPS) is 10.2. The van der Waals surface area contributed by atoms with E-state index in [0.717, 1.165) is 0 Å². The highest BCUT2D eigenvalue weighted by Gasteiger charge is 2.11. The molecule has 0 radical (unpaired) electrons. The average molecular weight is 238 g/mol. The molecule has 0 atom stereocenters. The van der Waals surface area contributed by atoms with E-state index in [1.807, 2.05) is 0 Å². The van der Waals surface area contributed by atoms with Gasteiger partial charge in [-0.15, -0.1) is 0 Å². The van der Waals surface area contributed by atoms with Crippen molar-refractivity contribution in [3.05, 3.63) is 23.8 Å². The Labute approximate surface area is 101 Å². The van der Waals surface area contributed by atoms with Crippen LogP contribution in [0.4, 0.5) is 0 Å². The van der Waals surface area contributed by atoms with Crippen LogP contribution in [0.15, 0.2) is 18.2 Å². The Bertz CT molecular complexity index is 385. The van der Waals surface area contributed by atoms with Gasteiger partial charge < -0.3 is 14.2 Å². The molecule has 1 aromatic rings. The van der Waals surface area contributed by atoms with Gasteiger partial charge in [0.15, 0.2) is 11.5 Å². The number of benzene rings is 1. The fourth-order valence-electron chi connectivity index (χ4n) is 1.29. The molecular weight excluding hydrogens is 220 g/mol. The predicted molar refractivity (Wildman–Crippen MR) is 64.7 cm³/mol. The number of esters is 1. The summed E-state index contributed by atoms with van der Waals surface area (Å²) in [6.45, 7) is 4.67. The van der Waals surface area contributed by atoms with Crippen molar-refractivity contribution in [3.8, 4) is 11.5 Å². The summed E-state index contributed by atoms with van der Waals surface area (Å²) in [6, 6.07) is 4.97. The van der Waals surface area contributed by atoms with Crippen molar-refractivity contribution in [3.63, 3.8) is 0 Å². The first-order valence-corrected chi connectivity index (χ1v) is 5.47. The summed E-state index contributed by atoms with van der Waals surface area (Å²) >= 11 is 0. The van der Waals surface area contributed by atoms with E-state index in [1.54, 1.807) is 25.3 Å². The second-order valence-electron chi connectivity index (χ2n) is 4.06. The van der Waals surface area contributed by atoms with Crippen molar-refractivity contribution in [1.82, 2.24) is 0 Å². The van der Waals surface area contributed by atoms with E-state index in [4.69, 9.17) is 9.47 Å². The van der Waals surface area contributed by atoms with Gasteiger partial charge in [0.1, 0.15) is 0 Å². The van der Waals surface area contributed by atoms with Crippen LogP contribution in [0.3, 0.4) is 0 Å². The van der Waals surface area contributed by atoms with Gasteiger partial charge in [-0.25, -0.2) is 4.79 Å². The van der Waals surface area contributed by atoms with Crippen LogP contribution in [0.2, 0.25) is 0 Å². The molecule has 0 amide bonds. The molecule has 0 saturated carbocycles. The first-order chi connectivity index (χ1) is 8.08. The molecule has 0 fully saturated rings. The minimum Gasteiger partial charge on any atom is -0.493 e. The van der Waals surface area contributed by atoms with Gasteiger partial charge in [-0.2, -0.15) is 0 Å². The predicted octanol–water partition coefficient (Wildman–Crippen LogP) is 2.52. The number of methoxy groups -OCH3 is 2. The van der Waals surface area contributed by atoms with Crippen molar-refractivity contribution in [2.75, 3.05) is 20.8 Å². The Kier molecular flexibility index (Phi) is 4.82. The lowest BCUT2D eigenvalue weighted by atomic mass is 10.2. The SMILES string of the molecule is COC(=O)c1ccc(OC)c(OCC(C)C)c1. The molecule has 0 bridgehead atoms. The summed E-state index contributed by atoms with van der Waals surface area (Å²) in [5, 5.41) is 0. The Morgan fingerprint density at radius 2 is 1.94 bits per heavy atom. The summed E-state index contributed by atoms with van der Waals surface area (Å²) in [6.07, 6.45) is 0. The van der Waals surface area contributed by atoms with E-state index in [1.165, 1.54) is 7.11 Å². The van der Waals surface area contributed by atoms with Crippen molar-refractivity contribution < 1.29 is 19.0 Å². The van der Waals surface area contributed by atoms with Crippen molar-refractivity contribution >= 4 is 5.97 Å². The molecule has 17 heavy (non-hydrogen) atoms. The summed E-state index contributed by atoms with van der Waals surface area (Å²) in [5.41, 5.74) is 0.451. The smallest absolute Gasteiger partial charge is 0.337 e. The Morgan fingerprint density at radius 3 is 2.47 bits per heavy atom. The van der Waals surface area contributed by atoms with Gasteiger partial charge in [0.25, 0.3) is 0 Å². The lowest BCUT2D eigenvalue weighted by molar-refractivity contribution is 0.0600. The molecule has 4 nitrogen and oxygen atoms in total. The quantitative estimate of drug-likeness (QED) is 0.739. The maximum absolute atomic E-state index is 11.4. The van der Waals surface area contributed by atoms with Crippen molar-refractivity contribution in [2.24, 2.45) is 5.92 Å². The summed E-state index contributed by atoms with van der Waals surface area (Å²) in [4.78, 5) is 11.4. The highest BCUT2D eigenvalue weighted by molar-refractivity contribution is 5.90. The van der Waals surface area contributed by atoms with Crippen LogP contribution in [0.1, 0.15) is 24.2 Å². The molecule has 1 rings (SSSR count). The van der Waals surface area contributed by atoms with E-state index in [-0.39, 0.29) is 5.97 Å². The molecule has 0 aliphatic carbocycles. The zero-order chi connectivity index (χ0) is 12.8. The molecule has 0 aliphatic heterocycles. The number of rotatable bonds is 5. The van der Waals surface area contributed by atoms with Crippen LogP contribution in [-0.4, -0.2) is 26.8 Å². The van der Waals surface area contributed by atoms with Gasteiger partial charge in [-0.05, 0) is 24.1 Å². The lowest BCUT2D eigenvalue weighted by Crippen LogP contribution is -2.07. The second-order valence-corrected chi connectivity index (χ2v) is 4.06. The molecule has 0 unspecified atom stereocenters. The topological polar surface area (TPSA) is 44.8 Å². The zero-order valence-electron chi connectivity index (χ0n) is 10.6. The number of hydrogen-bond donors (Lipinski definition) is 0. The fraction of sp³-hybridized carbons (Fsp3) is 0.462. The van der Waals surface area contributed by atoms with Crippen LogP contribution >= 0.6 is 0 Å². The van der Waals surface area contributed by atoms with Gasteiger partial charge in [0, 0.05) is 0 Å². The minimum absolute atomic E-state index is 0.387. The number of ether oxygens (including phenoxy) is 3. The van der Waals surface area contributed by atoms with E-state index < -0.39 is 0 Å². The molecule has 0 aromatic heterocycles. The molecule has 94 valence electrons. The Morgan fingerprint density at radius 1 is 1.24 bits per heavy atom. The lowest BCUT2D eigenvalue weighted by Gasteiger charge is -2.13. The van der Waals surface area contributed by atoms with E-state index in [9.17, 15) is 4.79 Å². The van der Waals surface area contributed by atoms with Gasteiger partial charge >= 0.3 is 5.97 Å². The van der Waals surface area contributed by atoms with E-state index in [0.29, 0.717) is 29.6 Å². The first kappa shape index (κ1) is 13.4. The molecule has 0 aliphatic rings. The van der Waals surface area contributed by atoms with E-state index >= 15 is 0 Å². The van der Waals surface area contributed by atoms with Gasteiger partial charge in [0.2, 0.25) is 0 Å². The van der Waals surface area contributed by atoms with Crippen molar-refractivity contribution in [1.29, 1.82) is 0 Å². The molecular formula is C13H18O4. The number of carbonyl (C=O) groups excluding carboxylic acids is 1. The molecule has 0 heterocycles. The maximum atomic E-state index is 11.4. The zero-order valence-corrected chi connectivity index (χ0v) is 10.6. The Hall–Kier alpha value is -1.71. The summed E-state index contributed by atoms with van der Waals surface area (Å²) in [5.74, 6) is 1.19. The summed E-state index contributed by atoms with van der Waals surface area (Å²) < 4.78 is 15.4. The first-order valence-electron chi connectivity index (χ1n) is 5.47. The highest BCUT2D eigenvalue weighted by atomic mass is 16.5. The third kappa shape index (κ3) is 3.66. The van der Waals surface area contributed by atoms with E-state index in [2.05, 4.69) is 18.6 Å². The Balaban J connectivity index is 2.93. The largest absolute Gasteiger partial charge is 0.493 e. The third-order valence-electron chi connectivity index (χ3n) is 2.16. The van der Waals surface area contributed by atoms with Crippen LogP contribution in [0.5, 0.6) is 11.5 Å². The van der Waals surface area contributed by atoms with Crippen LogP contribution in [-0.2, 0) is 4.74 Å². The highest BCUT2D eigenvalue weighted by Crippen LogP contribution is 2.28. The molecule has 1 aromatic carbocycles. The van der Waals surface area contributed by atoms with Gasteiger partial charge in [0.05, 0.1) is 26.4 Å². The monoisotopic (exact) mass is 238 g/mol. The average Bonchev–Trinajstić information content (AvgIpc) is 2.34. The second kappa shape index (κ2) is 6.13. The fourth-order valence-corrected chi connectivity index (χ4v) is 1.29. The molecule has 0 saturated heterocycles. The third-order valence-corrected chi connectivity index (χ3v) is 2.16. The van der Waals surface area contributed by atoms with Crippen molar-refractivity contribution in [2.45, 2.75) is 13.8 Å². The standard InChI is InChI=1S/C13H18O4/c1-9(2)8-17-12-7-10(13(14)16-4)5-6-11(12)15-3/h5-7,9H,8H2,1-4H3. The van der Waals surface area contributed by atoms with Gasteiger partial charge in [-0.3, -0.25) is 0 Å². The van der Waals surface area contributed by atoms with Crippen LogP contribution < -0.4 is 9.47 Å². The van der Waals surface area contributed by atoms with Gasteiger partial charge in [-0.1, -0.05) is 13.8 Å². The minimum atomic E-state index is -0.387. The molecule has 0 N–H and O–H groups in total. The maximum Gasteiger partial charge on any atom is 0.337 e. The van der Waals surface area contributed by atoms with Crippen LogP contribution in [0.25, 0.3) is 0 Å².